The summed E-state index contributed by atoms with van der Waals surface area (Å²) in [6, 6.07) is 18.5. The number of carbonyl (C=O) groups is 1. The molecule has 0 amide bonds. The van der Waals surface area contributed by atoms with Gasteiger partial charge in [-0.25, -0.2) is 4.39 Å². The zero-order valence-electron chi connectivity index (χ0n) is 18.3. The van der Waals surface area contributed by atoms with Gasteiger partial charge in [0.2, 0.25) is 0 Å². The number of carboxylic acid groups (broad SMARTS) is 1. The van der Waals surface area contributed by atoms with Crippen molar-refractivity contribution in [3.05, 3.63) is 83.4 Å². The predicted octanol–water partition coefficient (Wildman–Crippen LogP) is 6.47. The molecule has 1 aliphatic carbocycles. The van der Waals surface area contributed by atoms with Crippen molar-refractivity contribution in [1.29, 1.82) is 0 Å². The lowest BCUT2D eigenvalue weighted by Gasteiger charge is -2.25. The number of halogens is 1. The van der Waals surface area contributed by atoms with Crippen LogP contribution in [0.2, 0.25) is 0 Å². The Labute approximate surface area is 185 Å². The zero-order chi connectivity index (χ0) is 22.1. The molecule has 3 nitrogen and oxygen atoms in total. The van der Waals surface area contributed by atoms with Crippen LogP contribution in [0.15, 0.2) is 66.7 Å². The number of hydrogen-bond donors (Lipinski definition) is 1. The maximum atomic E-state index is 15.1. The van der Waals surface area contributed by atoms with Gasteiger partial charge in [-0.05, 0) is 61.5 Å². The van der Waals surface area contributed by atoms with E-state index in [0.29, 0.717) is 38.9 Å². The van der Waals surface area contributed by atoms with E-state index in [1.54, 1.807) is 0 Å². The lowest BCUT2D eigenvalue weighted by molar-refractivity contribution is -0.137. The Bertz CT molecular complexity index is 849. The highest BCUT2D eigenvalue weighted by molar-refractivity contribution is 5.66. The van der Waals surface area contributed by atoms with E-state index in [1.807, 2.05) is 36.4 Å². The van der Waals surface area contributed by atoms with Crippen LogP contribution >= 0.6 is 0 Å². The molecule has 2 aromatic rings. The molecule has 1 N–H and O–H groups in total. The number of aliphatic carboxylic acids is 1. The van der Waals surface area contributed by atoms with Gasteiger partial charge in [0.15, 0.2) is 0 Å². The summed E-state index contributed by atoms with van der Waals surface area (Å²) in [6.07, 6.45) is 5.86. The molecule has 0 aliphatic heterocycles. The second-order valence-electron chi connectivity index (χ2n) is 8.59. The third-order valence-corrected chi connectivity index (χ3v) is 6.24. The molecule has 1 aliphatic rings. The van der Waals surface area contributed by atoms with Gasteiger partial charge < -0.3 is 9.84 Å². The molecule has 0 spiro atoms. The van der Waals surface area contributed by atoms with Crippen molar-refractivity contribution in [3.8, 4) is 0 Å². The number of aryl methyl sites for hydroxylation is 1. The first-order valence-corrected chi connectivity index (χ1v) is 11.2. The molecule has 0 radical (unpaired) electrons. The van der Waals surface area contributed by atoms with Gasteiger partial charge in [0.05, 0.1) is 13.2 Å². The summed E-state index contributed by atoms with van der Waals surface area (Å²) in [4.78, 5) is 10.6. The Kier molecular flexibility index (Phi) is 8.84. The van der Waals surface area contributed by atoms with Gasteiger partial charge in [-0.1, -0.05) is 72.3 Å². The van der Waals surface area contributed by atoms with Crippen LogP contribution < -0.4 is 0 Å². The Balaban J connectivity index is 1.63. The molecule has 1 fully saturated rings. The molecule has 0 bridgehead atoms. The fourth-order valence-corrected chi connectivity index (χ4v) is 4.66. The minimum atomic E-state index is -0.860. The Morgan fingerprint density at radius 1 is 1.13 bits per heavy atom. The summed E-state index contributed by atoms with van der Waals surface area (Å²) in [5.74, 6) is -0.590. The normalized spacial score (nSPS) is 23.4. The molecule has 4 atom stereocenters. The van der Waals surface area contributed by atoms with E-state index in [9.17, 15) is 4.79 Å². The number of carboxylic acids is 1. The van der Waals surface area contributed by atoms with Crippen LogP contribution in [-0.4, -0.2) is 23.9 Å². The van der Waals surface area contributed by atoms with E-state index in [1.165, 1.54) is 11.1 Å². The third-order valence-electron chi connectivity index (χ3n) is 6.24. The summed E-state index contributed by atoms with van der Waals surface area (Å²) < 4.78 is 21.2. The first-order chi connectivity index (χ1) is 15.0. The number of unbranched alkanes of at least 4 members (excludes halogenated alkanes) is 1. The van der Waals surface area contributed by atoms with Crippen LogP contribution in [0.4, 0.5) is 4.39 Å². The van der Waals surface area contributed by atoms with Crippen LogP contribution in [0.25, 0.3) is 0 Å². The standard InChI is InChI=1S/C27H33FO3/c1-20-10-9-11-21(16-20)18-31-19-25-23(14-7-2-3-8-15-27(29)30)26(28)17-24(25)22-12-5-4-6-13-22/h2,4-7,9-13,16,23-26H,3,8,14-15,17-19H2,1H3,(H,29,30)/b7-2-/t23-,24?,25-,26+/m0/s1. The molecular weight excluding hydrogens is 391 g/mol. The summed E-state index contributed by atoms with van der Waals surface area (Å²) in [5, 5.41) is 8.74. The average Bonchev–Trinajstić information content (AvgIpc) is 3.06. The van der Waals surface area contributed by atoms with Crippen molar-refractivity contribution in [3.63, 3.8) is 0 Å². The molecule has 0 heterocycles. The highest BCUT2D eigenvalue weighted by atomic mass is 19.1. The Morgan fingerprint density at radius 2 is 1.94 bits per heavy atom. The quantitative estimate of drug-likeness (QED) is 0.332. The minimum Gasteiger partial charge on any atom is -0.481 e. The SMILES string of the molecule is Cc1cccc(COC[C@@H]2C(c3ccccc3)C[C@@H](F)[C@H]2C/C=C\CCCC(=O)O)c1. The van der Waals surface area contributed by atoms with Crippen molar-refractivity contribution in [2.75, 3.05) is 6.61 Å². The van der Waals surface area contributed by atoms with Crippen molar-refractivity contribution in [1.82, 2.24) is 0 Å². The average molecular weight is 425 g/mol. The van der Waals surface area contributed by atoms with Crippen molar-refractivity contribution >= 4 is 5.97 Å². The van der Waals surface area contributed by atoms with Crippen LogP contribution in [0.3, 0.4) is 0 Å². The predicted molar refractivity (Wildman–Crippen MR) is 122 cm³/mol. The highest BCUT2D eigenvalue weighted by Gasteiger charge is 2.43. The van der Waals surface area contributed by atoms with E-state index in [2.05, 4.69) is 37.3 Å². The van der Waals surface area contributed by atoms with Crippen LogP contribution in [0.1, 0.15) is 54.7 Å². The van der Waals surface area contributed by atoms with Gasteiger partial charge in [0.25, 0.3) is 0 Å². The molecule has 3 rings (SSSR count). The maximum Gasteiger partial charge on any atom is 0.303 e. The van der Waals surface area contributed by atoms with Crippen LogP contribution in [0, 0.1) is 18.8 Å². The van der Waals surface area contributed by atoms with Crippen LogP contribution in [0.5, 0.6) is 0 Å². The first-order valence-electron chi connectivity index (χ1n) is 11.2. The monoisotopic (exact) mass is 424 g/mol. The second kappa shape index (κ2) is 11.8. The van der Waals surface area contributed by atoms with Crippen LogP contribution in [-0.2, 0) is 16.1 Å². The molecule has 0 saturated heterocycles. The lowest BCUT2D eigenvalue weighted by Crippen LogP contribution is -2.22. The zero-order valence-corrected chi connectivity index (χ0v) is 18.3. The second-order valence-corrected chi connectivity index (χ2v) is 8.59. The Morgan fingerprint density at radius 3 is 2.68 bits per heavy atom. The van der Waals surface area contributed by atoms with Crippen molar-refractivity contribution in [2.24, 2.45) is 11.8 Å². The number of rotatable bonds is 11. The number of alkyl halides is 1. The van der Waals surface area contributed by atoms with E-state index in [4.69, 9.17) is 9.84 Å². The third kappa shape index (κ3) is 7.03. The number of benzene rings is 2. The molecule has 0 aromatic heterocycles. The summed E-state index contributed by atoms with van der Waals surface area (Å²) in [7, 11) is 0. The highest BCUT2D eigenvalue weighted by Crippen LogP contribution is 2.47. The van der Waals surface area contributed by atoms with Gasteiger partial charge in [-0.3, -0.25) is 4.79 Å². The first kappa shape index (κ1) is 23.2. The molecule has 4 heteroatoms. The minimum absolute atomic E-state index is 0.0848. The van der Waals surface area contributed by atoms with E-state index >= 15 is 4.39 Å². The van der Waals surface area contributed by atoms with Gasteiger partial charge >= 0.3 is 5.97 Å². The molecule has 166 valence electrons. The number of ether oxygens (including phenoxy) is 1. The van der Waals surface area contributed by atoms with Gasteiger partial charge in [0.1, 0.15) is 6.17 Å². The smallest absolute Gasteiger partial charge is 0.303 e. The van der Waals surface area contributed by atoms with E-state index in [0.717, 1.165) is 5.56 Å². The van der Waals surface area contributed by atoms with Crippen molar-refractivity contribution < 1.29 is 19.0 Å². The summed E-state index contributed by atoms with van der Waals surface area (Å²) in [6.45, 7) is 3.14. The van der Waals surface area contributed by atoms with E-state index in [-0.39, 0.29) is 24.2 Å². The molecule has 1 saturated carbocycles. The van der Waals surface area contributed by atoms with E-state index < -0.39 is 12.1 Å². The maximum absolute atomic E-state index is 15.1. The molecular formula is C27H33FO3. The largest absolute Gasteiger partial charge is 0.481 e. The Hall–Kier alpha value is -2.46. The summed E-state index contributed by atoms with van der Waals surface area (Å²) >= 11 is 0. The van der Waals surface area contributed by atoms with Gasteiger partial charge in [-0.2, -0.15) is 0 Å². The topological polar surface area (TPSA) is 46.5 Å². The fourth-order valence-electron chi connectivity index (χ4n) is 4.66. The molecule has 2 aromatic carbocycles. The number of hydrogen-bond acceptors (Lipinski definition) is 2. The lowest BCUT2D eigenvalue weighted by atomic mass is 9.84. The fraction of sp³-hybridized carbons (Fsp3) is 0.444. The van der Waals surface area contributed by atoms with Crippen molar-refractivity contribution in [2.45, 2.75) is 57.7 Å². The molecule has 1 unspecified atom stereocenters. The molecule has 31 heavy (non-hydrogen) atoms. The summed E-state index contributed by atoms with van der Waals surface area (Å²) in [5.41, 5.74) is 3.53. The van der Waals surface area contributed by atoms with Gasteiger partial charge in [-0.15, -0.1) is 0 Å². The number of allylic oxidation sites excluding steroid dienone is 2. The van der Waals surface area contributed by atoms with Gasteiger partial charge in [0, 0.05) is 6.42 Å².